The minimum absolute atomic E-state index is 0.0990. The molecule has 4 rings (SSSR count). The third-order valence-electron chi connectivity index (χ3n) is 6.45. The lowest BCUT2D eigenvalue weighted by atomic mass is 9.74. The molecule has 2 aromatic rings. The summed E-state index contributed by atoms with van der Waals surface area (Å²) in [6.45, 7) is 7.60. The van der Waals surface area contributed by atoms with Gasteiger partial charge in [-0.15, -0.1) is 0 Å². The normalized spacial score (nSPS) is 27.3. The van der Waals surface area contributed by atoms with Crippen molar-refractivity contribution in [3.05, 3.63) is 48.3 Å². The van der Waals surface area contributed by atoms with Crippen molar-refractivity contribution >= 4 is 11.9 Å². The fourth-order valence-electron chi connectivity index (χ4n) is 4.12. The minimum Gasteiger partial charge on any atom is -0.467 e. The standard InChI is InChI=1S/C24H30O9/c1-23(2)17(32-21(23)15-7-5-9-28-15)11-30-19(25)13-27-14-20(26)31-12-18-24(3,4)22(33-18)16-8-6-10-29-16/h5-10,17-18,21-22H,11-14H2,1-4H3. The zero-order chi connectivity index (χ0) is 23.6. The summed E-state index contributed by atoms with van der Waals surface area (Å²) >= 11 is 0. The van der Waals surface area contributed by atoms with Crippen LogP contribution in [0.25, 0.3) is 0 Å². The van der Waals surface area contributed by atoms with Gasteiger partial charge in [0.2, 0.25) is 0 Å². The van der Waals surface area contributed by atoms with Gasteiger partial charge in [0, 0.05) is 10.8 Å². The molecule has 9 nitrogen and oxygen atoms in total. The summed E-state index contributed by atoms with van der Waals surface area (Å²) in [5, 5.41) is 0. The lowest BCUT2D eigenvalue weighted by Crippen LogP contribution is -2.52. The highest BCUT2D eigenvalue weighted by Crippen LogP contribution is 2.52. The van der Waals surface area contributed by atoms with E-state index >= 15 is 0 Å². The van der Waals surface area contributed by atoms with E-state index in [1.165, 1.54) is 0 Å². The van der Waals surface area contributed by atoms with E-state index < -0.39 is 11.9 Å². The number of esters is 2. The molecule has 2 saturated heterocycles. The maximum atomic E-state index is 11.9. The number of rotatable bonds is 10. The van der Waals surface area contributed by atoms with Crippen LogP contribution in [0.5, 0.6) is 0 Å². The van der Waals surface area contributed by atoms with Crippen LogP contribution >= 0.6 is 0 Å². The van der Waals surface area contributed by atoms with Crippen molar-refractivity contribution in [3.63, 3.8) is 0 Å². The molecule has 4 atom stereocenters. The first-order valence-electron chi connectivity index (χ1n) is 11.0. The molecule has 0 spiro atoms. The van der Waals surface area contributed by atoms with E-state index in [2.05, 4.69) is 0 Å². The van der Waals surface area contributed by atoms with Gasteiger partial charge in [-0.25, -0.2) is 9.59 Å². The molecule has 2 aliphatic heterocycles. The Morgan fingerprint density at radius 2 is 1.21 bits per heavy atom. The zero-order valence-electron chi connectivity index (χ0n) is 19.3. The minimum atomic E-state index is -0.576. The van der Waals surface area contributed by atoms with E-state index in [0.29, 0.717) is 0 Å². The van der Waals surface area contributed by atoms with E-state index in [0.717, 1.165) is 11.5 Å². The summed E-state index contributed by atoms with van der Waals surface area (Å²) in [4.78, 5) is 23.9. The van der Waals surface area contributed by atoms with E-state index in [1.54, 1.807) is 12.5 Å². The average Bonchev–Trinajstić information content (AvgIpc) is 3.46. The number of carbonyl (C=O) groups is 2. The third-order valence-corrected chi connectivity index (χ3v) is 6.45. The van der Waals surface area contributed by atoms with E-state index in [4.69, 9.17) is 32.5 Å². The molecule has 33 heavy (non-hydrogen) atoms. The lowest BCUT2D eigenvalue weighted by Gasteiger charge is -2.50. The van der Waals surface area contributed by atoms with Crippen LogP contribution in [-0.2, 0) is 33.3 Å². The molecule has 2 aromatic heterocycles. The molecule has 4 heterocycles. The van der Waals surface area contributed by atoms with Gasteiger partial charge in [-0.1, -0.05) is 27.7 Å². The summed E-state index contributed by atoms with van der Waals surface area (Å²) in [5.74, 6) is 0.343. The van der Waals surface area contributed by atoms with Crippen molar-refractivity contribution in [1.29, 1.82) is 0 Å². The van der Waals surface area contributed by atoms with Crippen LogP contribution in [0.4, 0.5) is 0 Å². The number of hydrogen-bond acceptors (Lipinski definition) is 9. The van der Waals surface area contributed by atoms with Gasteiger partial charge in [0.15, 0.2) is 0 Å². The summed E-state index contributed by atoms with van der Waals surface area (Å²) in [7, 11) is 0. The summed E-state index contributed by atoms with van der Waals surface area (Å²) in [5.41, 5.74) is -0.480. The Hall–Kier alpha value is -2.62. The zero-order valence-corrected chi connectivity index (χ0v) is 19.3. The molecule has 0 radical (unpaired) electrons. The molecular weight excluding hydrogens is 432 g/mol. The monoisotopic (exact) mass is 462 g/mol. The molecule has 0 amide bonds. The predicted molar refractivity (Wildman–Crippen MR) is 113 cm³/mol. The van der Waals surface area contributed by atoms with E-state index in [9.17, 15) is 9.59 Å². The molecule has 0 N–H and O–H groups in total. The van der Waals surface area contributed by atoms with Crippen LogP contribution in [0, 0.1) is 10.8 Å². The molecule has 2 aliphatic rings. The fraction of sp³-hybridized carbons (Fsp3) is 0.583. The van der Waals surface area contributed by atoms with Crippen molar-refractivity contribution in [1.82, 2.24) is 0 Å². The quantitative estimate of drug-likeness (QED) is 0.489. The topological polar surface area (TPSA) is 107 Å². The van der Waals surface area contributed by atoms with Crippen LogP contribution in [0.3, 0.4) is 0 Å². The van der Waals surface area contributed by atoms with Gasteiger partial charge in [-0.05, 0) is 24.3 Å². The smallest absolute Gasteiger partial charge is 0.332 e. The van der Waals surface area contributed by atoms with Crippen LogP contribution in [-0.4, -0.2) is 50.6 Å². The molecule has 180 valence electrons. The number of furan rings is 2. The van der Waals surface area contributed by atoms with Crippen molar-refractivity contribution < 1.29 is 42.1 Å². The van der Waals surface area contributed by atoms with Crippen LogP contribution in [0.2, 0.25) is 0 Å². The number of carbonyl (C=O) groups excluding carboxylic acids is 2. The van der Waals surface area contributed by atoms with Crippen LogP contribution in [0.1, 0.15) is 51.4 Å². The Kier molecular flexibility index (Phi) is 6.65. The van der Waals surface area contributed by atoms with Crippen LogP contribution < -0.4 is 0 Å². The second kappa shape index (κ2) is 9.32. The molecule has 0 aliphatic carbocycles. The van der Waals surface area contributed by atoms with Crippen LogP contribution in [0.15, 0.2) is 45.6 Å². The summed E-state index contributed by atoms with van der Waals surface area (Å²) < 4.78 is 38.0. The summed E-state index contributed by atoms with van der Waals surface area (Å²) in [6, 6.07) is 7.33. The lowest BCUT2D eigenvalue weighted by molar-refractivity contribution is -0.260. The molecule has 2 fully saturated rings. The van der Waals surface area contributed by atoms with Gasteiger partial charge in [0.1, 0.15) is 62.4 Å². The SMILES string of the molecule is CC1(C)C(COC(=O)COCC(=O)OCC2OC(c3ccco3)C2(C)C)OC1c1ccco1. The maximum Gasteiger partial charge on any atom is 0.332 e. The van der Waals surface area contributed by atoms with Crippen molar-refractivity contribution in [2.45, 2.75) is 52.1 Å². The molecule has 4 unspecified atom stereocenters. The Morgan fingerprint density at radius 1 is 0.788 bits per heavy atom. The van der Waals surface area contributed by atoms with Crippen molar-refractivity contribution in [2.75, 3.05) is 26.4 Å². The largest absolute Gasteiger partial charge is 0.467 e. The Morgan fingerprint density at radius 3 is 1.55 bits per heavy atom. The molecular formula is C24H30O9. The highest BCUT2D eigenvalue weighted by molar-refractivity contribution is 5.73. The second-order valence-electron chi connectivity index (χ2n) is 9.54. The molecule has 9 heteroatoms. The fourth-order valence-corrected chi connectivity index (χ4v) is 4.12. The highest BCUT2D eigenvalue weighted by Gasteiger charge is 2.53. The average molecular weight is 462 g/mol. The van der Waals surface area contributed by atoms with E-state index in [-0.39, 0.29) is 61.7 Å². The third kappa shape index (κ3) is 4.85. The van der Waals surface area contributed by atoms with Crippen molar-refractivity contribution in [3.8, 4) is 0 Å². The molecule has 0 saturated carbocycles. The van der Waals surface area contributed by atoms with Gasteiger partial charge >= 0.3 is 11.9 Å². The molecule has 0 bridgehead atoms. The Bertz CT molecular complexity index is 853. The number of hydrogen-bond donors (Lipinski definition) is 0. The number of ether oxygens (including phenoxy) is 5. The first kappa shape index (κ1) is 23.5. The van der Waals surface area contributed by atoms with E-state index in [1.807, 2.05) is 52.0 Å². The van der Waals surface area contributed by atoms with Gasteiger partial charge < -0.3 is 32.5 Å². The van der Waals surface area contributed by atoms with Gasteiger partial charge in [-0.3, -0.25) is 0 Å². The molecule has 0 aromatic carbocycles. The highest BCUT2D eigenvalue weighted by atomic mass is 16.6. The Balaban J connectivity index is 1.09. The first-order chi connectivity index (χ1) is 15.7. The van der Waals surface area contributed by atoms with Gasteiger partial charge in [-0.2, -0.15) is 0 Å². The second-order valence-corrected chi connectivity index (χ2v) is 9.54. The van der Waals surface area contributed by atoms with Crippen molar-refractivity contribution in [2.24, 2.45) is 10.8 Å². The van der Waals surface area contributed by atoms with Gasteiger partial charge in [0.05, 0.1) is 12.5 Å². The Labute approximate surface area is 192 Å². The maximum absolute atomic E-state index is 11.9. The van der Waals surface area contributed by atoms with Gasteiger partial charge in [0.25, 0.3) is 0 Å². The predicted octanol–water partition coefficient (Wildman–Crippen LogP) is 3.61. The first-order valence-corrected chi connectivity index (χ1v) is 11.0. The summed E-state index contributed by atoms with van der Waals surface area (Å²) in [6.07, 6.45) is 2.34.